The zero-order chi connectivity index (χ0) is 13.5. The van der Waals surface area contributed by atoms with Crippen LogP contribution in [0.4, 0.5) is 0 Å². The Bertz CT molecular complexity index is 692. The van der Waals surface area contributed by atoms with Crippen LogP contribution in [0.15, 0.2) is 47.6 Å². The van der Waals surface area contributed by atoms with Gasteiger partial charge >= 0.3 is 0 Å². The SMILES string of the molecule is Clc1ccc(C2=NNCC2c2ccccc2)c2c1CC2. The number of nitrogens with one attached hydrogen (secondary N) is 1. The standard InChI is InChI=1S/C17H15ClN2/c18-16-9-8-14(12-6-7-13(12)16)17-15(10-19-20-17)11-4-2-1-3-5-11/h1-5,8-9,15,19H,6-7,10H2. The predicted octanol–water partition coefficient (Wildman–Crippen LogP) is 3.53. The maximum atomic E-state index is 6.24. The Morgan fingerprint density at radius 1 is 1.00 bits per heavy atom. The van der Waals surface area contributed by atoms with Gasteiger partial charge in [0.25, 0.3) is 0 Å². The molecule has 0 amide bonds. The summed E-state index contributed by atoms with van der Waals surface area (Å²) in [6, 6.07) is 14.7. The normalized spacial score (nSPS) is 19.9. The molecule has 2 aliphatic rings. The molecule has 2 nitrogen and oxygen atoms in total. The number of rotatable bonds is 2. The molecule has 1 heterocycles. The van der Waals surface area contributed by atoms with Crippen LogP contribution >= 0.6 is 11.6 Å². The van der Waals surface area contributed by atoms with Crippen LogP contribution in [0.2, 0.25) is 5.02 Å². The van der Waals surface area contributed by atoms with Gasteiger partial charge in [-0.15, -0.1) is 0 Å². The van der Waals surface area contributed by atoms with Gasteiger partial charge in [-0.2, -0.15) is 5.10 Å². The van der Waals surface area contributed by atoms with Gasteiger partial charge in [0, 0.05) is 23.0 Å². The van der Waals surface area contributed by atoms with Crippen molar-refractivity contribution in [3.63, 3.8) is 0 Å². The van der Waals surface area contributed by atoms with Gasteiger partial charge in [0.15, 0.2) is 0 Å². The summed E-state index contributed by atoms with van der Waals surface area (Å²) in [5, 5.41) is 5.45. The largest absolute Gasteiger partial charge is 0.309 e. The maximum Gasteiger partial charge on any atom is 0.0771 e. The van der Waals surface area contributed by atoms with Crippen molar-refractivity contribution in [2.45, 2.75) is 18.8 Å². The Kier molecular flexibility index (Phi) is 2.78. The second-order valence-corrected chi connectivity index (χ2v) is 5.78. The van der Waals surface area contributed by atoms with Gasteiger partial charge in [0.1, 0.15) is 0 Å². The molecule has 1 aliphatic heterocycles. The Labute approximate surface area is 123 Å². The van der Waals surface area contributed by atoms with Crippen LogP contribution in [-0.2, 0) is 12.8 Å². The molecule has 0 bridgehead atoms. The molecule has 2 aromatic rings. The van der Waals surface area contributed by atoms with Gasteiger partial charge in [-0.05, 0) is 35.6 Å². The average Bonchev–Trinajstić information content (AvgIpc) is 2.91. The molecule has 100 valence electrons. The van der Waals surface area contributed by atoms with Crippen molar-refractivity contribution >= 4 is 17.3 Å². The molecule has 1 N–H and O–H groups in total. The van der Waals surface area contributed by atoms with Gasteiger partial charge in [-0.3, -0.25) is 0 Å². The molecule has 0 saturated heterocycles. The summed E-state index contributed by atoms with van der Waals surface area (Å²) in [4.78, 5) is 0. The highest BCUT2D eigenvalue weighted by atomic mass is 35.5. The lowest BCUT2D eigenvalue weighted by Crippen LogP contribution is -2.20. The monoisotopic (exact) mass is 282 g/mol. The Morgan fingerprint density at radius 2 is 1.80 bits per heavy atom. The first-order valence-electron chi connectivity index (χ1n) is 7.00. The predicted molar refractivity (Wildman–Crippen MR) is 82.6 cm³/mol. The highest BCUT2D eigenvalue weighted by Gasteiger charge is 2.29. The van der Waals surface area contributed by atoms with Crippen LogP contribution in [0.5, 0.6) is 0 Å². The molecule has 0 radical (unpaired) electrons. The van der Waals surface area contributed by atoms with Crippen molar-refractivity contribution in [3.8, 4) is 0 Å². The third-order valence-electron chi connectivity index (χ3n) is 4.30. The minimum absolute atomic E-state index is 0.335. The fourth-order valence-electron chi connectivity index (χ4n) is 3.14. The molecule has 0 aromatic heterocycles. The van der Waals surface area contributed by atoms with Gasteiger partial charge in [-0.1, -0.05) is 48.0 Å². The van der Waals surface area contributed by atoms with E-state index in [1.807, 2.05) is 6.07 Å². The van der Waals surface area contributed by atoms with Crippen LogP contribution < -0.4 is 5.43 Å². The number of hydrazone groups is 1. The maximum absolute atomic E-state index is 6.24. The Balaban J connectivity index is 1.77. The van der Waals surface area contributed by atoms with Crippen LogP contribution in [0.3, 0.4) is 0 Å². The van der Waals surface area contributed by atoms with E-state index >= 15 is 0 Å². The van der Waals surface area contributed by atoms with Crippen LogP contribution in [0, 0.1) is 0 Å². The lowest BCUT2D eigenvalue weighted by atomic mass is 9.80. The van der Waals surface area contributed by atoms with Crippen molar-refractivity contribution in [3.05, 3.63) is 69.7 Å². The summed E-state index contributed by atoms with van der Waals surface area (Å²) in [5.41, 5.74) is 9.61. The zero-order valence-electron chi connectivity index (χ0n) is 11.1. The first-order valence-corrected chi connectivity index (χ1v) is 7.38. The van der Waals surface area contributed by atoms with Gasteiger partial charge in [-0.25, -0.2) is 0 Å². The number of benzene rings is 2. The first kappa shape index (κ1) is 12.0. The molecule has 1 atom stereocenters. The van der Waals surface area contributed by atoms with E-state index in [1.54, 1.807) is 0 Å². The number of hydrogen-bond donors (Lipinski definition) is 1. The number of nitrogens with zero attached hydrogens (tertiary/aromatic N) is 1. The molecule has 4 rings (SSSR count). The zero-order valence-corrected chi connectivity index (χ0v) is 11.8. The Morgan fingerprint density at radius 3 is 2.55 bits per heavy atom. The molecule has 1 aliphatic carbocycles. The summed E-state index contributed by atoms with van der Waals surface area (Å²) in [6.07, 6.45) is 2.21. The summed E-state index contributed by atoms with van der Waals surface area (Å²) < 4.78 is 0. The third-order valence-corrected chi connectivity index (χ3v) is 4.66. The van der Waals surface area contributed by atoms with E-state index in [4.69, 9.17) is 11.6 Å². The quantitative estimate of drug-likeness (QED) is 0.895. The lowest BCUT2D eigenvalue weighted by Gasteiger charge is -2.25. The summed E-state index contributed by atoms with van der Waals surface area (Å²) in [7, 11) is 0. The van der Waals surface area contributed by atoms with E-state index in [9.17, 15) is 0 Å². The highest BCUT2D eigenvalue weighted by molar-refractivity contribution is 6.31. The minimum Gasteiger partial charge on any atom is -0.309 e. The summed E-state index contributed by atoms with van der Waals surface area (Å²) in [5.74, 6) is 0.335. The molecule has 2 aromatic carbocycles. The number of hydrogen-bond acceptors (Lipinski definition) is 2. The minimum atomic E-state index is 0.335. The van der Waals surface area contributed by atoms with E-state index in [2.05, 4.69) is 46.9 Å². The van der Waals surface area contributed by atoms with E-state index in [1.165, 1.54) is 22.3 Å². The molecule has 0 fully saturated rings. The van der Waals surface area contributed by atoms with Gasteiger partial charge in [0.2, 0.25) is 0 Å². The Hall–Kier alpha value is -1.80. The molecule has 1 unspecified atom stereocenters. The number of halogens is 1. The van der Waals surface area contributed by atoms with Crippen molar-refractivity contribution in [2.24, 2.45) is 5.10 Å². The van der Waals surface area contributed by atoms with E-state index < -0.39 is 0 Å². The molecular weight excluding hydrogens is 268 g/mol. The van der Waals surface area contributed by atoms with E-state index in [-0.39, 0.29) is 0 Å². The highest BCUT2D eigenvalue weighted by Crippen LogP contribution is 2.36. The van der Waals surface area contributed by atoms with Gasteiger partial charge in [0.05, 0.1) is 5.71 Å². The van der Waals surface area contributed by atoms with Gasteiger partial charge < -0.3 is 5.43 Å². The molecular formula is C17H15ClN2. The van der Waals surface area contributed by atoms with Crippen molar-refractivity contribution < 1.29 is 0 Å². The summed E-state index contributed by atoms with van der Waals surface area (Å²) >= 11 is 6.24. The van der Waals surface area contributed by atoms with Crippen molar-refractivity contribution in [1.82, 2.24) is 5.43 Å². The third kappa shape index (κ3) is 1.75. The van der Waals surface area contributed by atoms with Crippen LogP contribution in [0.25, 0.3) is 0 Å². The smallest absolute Gasteiger partial charge is 0.0771 e. The van der Waals surface area contributed by atoms with Crippen molar-refractivity contribution in [1.29, 1.82) is 0 Å². The van der Waals surface area contributed by atoms with Crippen LogP contribution in [-0.4, -0.2) is 12.3 Å². The average molecular weight is 283 g/mol. The van der Waals surface area contributed by atoms with Crippen molar-refractivity contribution in [2.75, 3.05) is 6.54 Å². The molecule has 3 heteroatoms. The lowest BCUT2D eigenvalue weighted by molar-refractivity contribution is 0.763. The molecule has 0 spiro atoms. The second kappa shape index (κ2) is 4.64. The molecule has 20 heavy (non-hydrogen) atoms. The first-order chi connectivity index (χ1) is 9.84. The fraction of sp³-hybridized carbons (Fsp3) is 0.235. The van der Waals surface area contributed by atoms with Crippen LogP contribution in [0.1, 0.15) is 28.2 Å². The topological polar surface area (TPSA) is 24.4 Å². The second-order valence-electron chi connectivity index (χ2n) is 5.37. The van der Waals surface area contributed by atoms with E-state index in [0.717, 1.165) is 30.1 Å². The molecule has 0 saturated carbocycles. The summed E-state index contributed by atoms with van der Waals surface area (Å²) in [6.45, 7) is 0.872. The fourth-order valence-corrected chi connectivity index (χ4v) is 3.41. The van der Waals surface area contributed by atoms with E-state index in [0.29, 0.717) is 5.92 Å². The number of fused-ring (bicyclic) bond motifs is 1.